The van der Waals surface area contributed by atoms with E-state index in [1.807, 2.05) is 17.5 Å². The summed E-state index contributed by atoms with van der Waals surface area (Å²) in [5.41, 5.74) is 1.16. The Morgan fingerprint density at radius 2 is 2.25 bits per heavy atom. The fraction of sp³-hybridized carbons (Fsp3) is 0.400. The molecule has 5 heteroatoms. The minimum atomic E-state index is 0.511. The summed E-state index contributed by atoms with van der Waals surface area (Å²) in [4.78, 5) is 4.24. The standard InChI is InChI=1S/C15H19BrN2OS/c1-11(2)8-17-9-12-4-3-5-13(16)15(12)19-10-14-18-6-7-20-14/h3-7,11,17H,8-10H2,1-2H3. The van der Waals surface area contributed by atoms with Gasteiger partial charge in [0.25, 0.3) is 0 Å². The number of rotatable bonds is 7. The molecule has 0 amide bonds. The molecule has 0 aliphatic heterocycles. The lowest BCUT2D eigenvalue weighted by molar-refractivity contribution is 0.299. The molecule has 1 N–H and O–H groups in total. The highest BCUT2D eigenvalue weighted by atomic mass is 79.9. The number of ether oxygens (including phenoxy) is 1. The van der Waals surface area contributed by atoms with E-state index in [0.717, 1.165) is 33.9 Å². The zero-order valence-electron chi connectivity index (χ0n) is 11.7. The maximum Gasteiger partial charge on any atom is 0.140 e. The van der Waals surface area contributed by atoms with Crippen LogP contribution in [0.2, 0.25) is 0 Å². The van der Waals surface area contributed by atoms with Gasteiger partial charge in [0.1, 0.15) is 17.4 Å². The quantitative estimate of drug-likeness (QED) is 0.807. The minimum Gasteiger partial charge on any atom is -0.485 e. The summed E-state index contributed by atoms with van der Waals surface area (Å²) in [5.74, 6) is 1.54. The third-order valence-corrected chi connectivity index (χ3v) is 4.12. The second-order valence-electron chi connectivity index (χ2n) is 4.97. The van der Waals surface area contributed by atoms with Gasteiger partial charge in [-0.15, -0.1) is 11.3 Å². The molecule has 0 fully saturated rings. The molecule has 2 aromatic rings. The number of hydrogen-bond acceptors (Lipinski definition) is 4. The Morgan fingerprint density at radius 1 is 1.40 bits per heavy atom. The molecule has 1 aromatic heterocycles. The number of benzene rings is 1. The number of hydrogen-bond donors (Lipinski definition) is 1. The largest absolute Gasteiger partial charge is 0.485 e. The predicted octanol–water partition coefficient (Wildman–Crippen LogP) is 4.23. The van der Waals surface area contributed by atoms with Gasteiger partial charge in [-0.25, -0.2) is 4.98 Å². The molecule has 0 aliphatic rings. The second-order valence-corrected chi connectivity index (χ2v) is 6.80. The number of thiazole rings is 1. The molecule has 0 saturated heterocycles. The fourth-order valence-electron chi connectivity index (χ4n) is 1.81. The summed E-state index contributed by atoms with van der Waals surface area (Å²) in [6.07, 6.45) is 1.80. The van der Waals surface area contributed by atoms with Gasteiger partial charge in [-0.2, -0.15) is 0 Å². The van der Waals surface area contributed by atoms with Gasteiger partial charge < -0.3 is 10.1 Å². The highest BCUT2D eigenvalue weighted by molar-refractivity contribution is 9.10. The van der Waals surface area contributed by atoms with Crippen molar-refractivity contribution in [3.63, 3.8) is 0 Å². The molecule has 0 atom stereocenters. The molecule has 1 heterocycles. The van der Waals surface area contributed by atoms with Crippen molar-refractivity contribution in [2.24, 2.45) is 5.92 Å². The Hall–Kier alpha value is -0.910. The van der Waals surface area contributed by atoms with Crippen molar-refractivity contribution in [1.82, 2.24) is 10.3 Å². The summed E-state index contributed by atoms with van der Waals surface area (Å²) >= 11 is 5.17. The van der Waals surface area contributed by atoms with E-state index in [0.29, 0.717) is 12.5 Å². The Kier molecular flexibility index (Phi) is 6.01. The van der Waals surface area contributed by atoms with Crippen LogP contribution in [-0.4, -0.2) is 11.5 Å². The van der Waals surface area contributed by atoms with E-state index in [1.54, 1.807) is 17.5 Å². The lowest BCUT2D eigenvalue weighted by atomic mass is 10.2. The molecular weight excluding hydrogens is 336 g/mol. The van der Waals surface area contributed by atoms with Crippen LogP contribution in [0.4, 0.5) is 0 Å². The van der Waals surface area contributed by atoms with Crippen molar-refractivity contribution in [3.8, 4) is 5.75 Å². The molecular formula is C15H19BrN2OS. The van der Waals surface area contributed by atoms with E-state index in [1.165, 1.54) is 0 Å². The Labute approximate surface area is 132 Å². The van der Waals surface area contributed by atoms with Gasteiger partial charge in [-0.3, -0.25) is 0 Å². The molecule has 0 spiro atoms. The molecule has 20 heavy (non-hydrogen) atoms. The number of nitrogens with one attached hydrogen (secondary N) is 1. The second kappa shape index (κ2) is 7.76. The third-order valence-electron chi connectivity index (χ3n) is 2.74. The van der Waals surface area contributed by atoms with Gasteiger partial charge >= 0.3 is 0 Å². The third kappa shape index (κ3) is 4.58. The molecule has 0 bridgehead atoms. The fourth-order valence-corrected chi connectivity index (χ4v) is 2.86. The van der Waals surface area contributed by atoms with Gasteiger partial charge in [-0.05, 0) is 34.5 Å². The normalized spacial score (nSPS) is 11.0. The SMILES string of the molecule is CC(C)CNCc1cccc(Br)c1OCc1nccs1. The van der Waals surface area contributed by atoms with Crippen molar-refractivity contribution in [3.05, 3.63) is 44.8 Å². The summed E-state index contributed by atoms with van der Waals surface area (Å²) < 4.78 is 6.92. The molecule has 0 aliphatic carbocycles. The van der Waals surface area contributed by atoms with E-state index < -0.39 is 0 Å². The van der Waals surface area contributed by atoms with Crippen LogP contribution in [0.15, 0.2) is 34.2 Å². The highest BCUT2D eigenvalue weighted by Gasteiger charge is 2.09. The van der Waals surface area contributed by atoms with Gasteiger partial charge in [-0.1, -0.05) is 26.0 Å². The molecule has 108 valence electrons. The molecule has 0 saturated carbocycles. The lowest BCUT2D eigenvalue weighted by Gasteiger charge is -2.14. The first kappa shape index (κ1) is 15.5. The number of aromatic nitrogens is 1. The first-order chi connectivity index (χ1) is 9.66. The zero-order chi connectivity index (χ0) is 14.4. The Morgan fingerprint density at radius 3 is 2.95 bits per heavy atom. The van der Waals surface area contributed by atoms with Crippen molar-refractivity contribution in [2.75, 3.05) is 6.54 Å². The minimum absolute atomic E-state index is 0.511. The highest BCUT2D eigenvalue weighted by Crippen LogP contribution is 2.30. The number of nitrogens with zero attached hydrogens (tertiary/aromatic N) is 1. The molecule has 3 nitrogen and oxygen atoms in total. The number of para-hydroxylation sites is 1. The van der Waals surface area contributed by atoms with Crippen LogP contribution in [0, 0.1) is 5.92 Å². The van der Waals surface area contributed by atoms with Gasteiger partial charge in [0.05, 0.1) is 4.47 Å². The molecule has 0 radical (unpaired) electrons. The van der Waals surface area contributed by atoms with Gasteiger partial charge in [0, 0.05) is 23.7 Å². The summed E-state index contributed by atoms with van der Waals surface area (Å²) in [6, 6.07) is 6.13. The Bertz CT molecular complexity index is 529. The van der Waals surface area contributed by atoms with Gasteiger partial charge in [0.15, 0.2) is 0 Å². The predicted molar refractivity (Wildman–Crippen MR) is 87.1 cm³/mol. The first-order valence-corrected chi connectivity index (χ1v) is 8.33. The van der Waals surface area contributed by atoms with Crippen LogP contribution in [0.1, 0.15) is 24.4 Å². The monoisotopic (exact) mass is 354 g/mol. The van der Waals surface area contributed by atoms with Crippen molar-refractivity contribution >= 4 is 27.3 Å². The van der Waals surface area contributed by atoms with E-state index in [4.69, 9.17) is 4.74 Å². The molecule has 1 aromatic carbocycles. The maximum atomic E-state index is 5.93. The van der Waals surface area contributed by atoms with E-state index in [9.17, 15) is 0 Å². The van der Waals surface area contributed by atoms with E-state index in [-0.39, 0.29) is 0 Å². The van der Waals surface area contributed by atoms with E-state index >= 15 is 0 Å². The average Bonchev–Trinajstić information content (AvgIpc) is 2.90. The molecule has 2 rings (SSSR count). The van der Waals surface area contributed by atoms with Crippen molar-refractivity contribution < 1.29 is 4.74 Å². The zero-order valence-corrected chi connectivity index (χ0v) is 14.1. The topological polar surface area (TPSA) is 34.1 Å². The van der Waals surface area contributed by atoms with Crippen molar-refractivity contribution in [1.29, 1.82) is 0 Å². The van der Waals surface area contributed by atoms with E-state index in [2.05, 4.69) is 46.1 Å². The van der Waals surface area contributed by atoms with Crippen LogP contribution in [0.5, 0.6) is 5.75 Å². The average molecular weight is 355 g/mol. The Balaban J connectivity index is 2.01. The summed E-state index contributed by atoms with van der Waals surface area (Å²) in [6.45, 7) is 6.72. The van der Waals surface area contributed by atoms with Crippen LogP contribution < -0.4 is 10.1 Å². The lowest BCUT2D eigenvalue weighted by Crippen LogP contribution is -2.19. The van der Waals surface area contributed by atoms with Crippen LogP contribution in [0.3, 0.4) is 0 Å². The van der Waals surface area contributed by atoms with Crippen molar-refractivity contribution in [2.45, 2.75) is 27.0 Å². The smallest absolute Gasteiger partial charge is 0.140 e. The number of halogens is 1. The van der Waals surface area contributed by atoms with Crippen LogP contribution >= 0.6 is 27.3 Å². The van der Waals surface area contributed by atoms with Crippen LogP contribution in [0.25, 0.3) is 0 Å². The van der Waals surface area contributed by atoms with Crippen LogP contribution in [-0.2, 0) is 13.2 Å². The first-order valence-electron chi connectivity index (χ1n) is 6.66. The summed E-state index contributed by atoms with van der Waals surface area (Å²) in [7, 11) is 0. The molecule has 0 unspecified atom stereocenters. The summed E-state index contributed by atoms with van der Waals surface area (Å²) in [5, 5.41) is 6.40. The maximum absolute atomic E-state index is 5.93. The van der Waals surface area contributed by atoms with Gasteiger partial charge in [0.2, 0.25) is 0 Å².